The van der Waals surface area contributed by atoms with Gasteiger partial charge >= 0.3 is 0 Å². The second kappa shape index (κ2) is 30.3. The summed E-state index contributed by atoms with van der Waals surface area (Å²) in [6, 6.07) is 146. The first kappa shape index (κ1) is 68.6. The van der Waals surface area contributed by atoms with Gasteiger partial charge in [0.1, 0.15) is 0 Å². The van der Waals surface area contributed by atoms with E-state index >= 15 is 0 Å². The molecule has 2 fully saturated rings. The number of anilines is 9. The van der Waals surface area contributed by atoms with Gasteiger partial charge in [-0.05, 0) is 226 Å². The Labute approximate surface area is 657 Å². The van der Waals surface area contributed by atoms with E-state index in [2.05, 4.69) is 424 Å². The summed E-state index contributed by atoms with van der Waals surface area (Å²) in [6.07, 6.45) is 0.250. The van der Waals surface area contributed by atoms with Crippen molar-refractivity contribution in [1.29, 1.82) is 0 Å². The van der Waals surface area contributed by atoms with E-state index in [4.69, 9.17) is 18.9 Å². The molecule has 0 aliphatic carbocycles. The van der Waals surface area contributed by atoms with Crippen LogP contribution < -0.4 is 14.7 Å². The Morgan fingerprint density at radius 2 is 0.513 bits per heavy atom. The Hall–Kier alpha value is -13.6. The summed E-state index contributed by atoms with van der Waals surface area (Å²) in [5.41, 5.74) is 29.0. The summed E-state index contributed by atoms with van der Waals surface area (Å²) in [5.74, 6) is 0.173. The fraction of sp³-hybridized carbons (Fsp3) is 0.0769. The van der Waals surface area contributed by atoms with Gasteiger partial charge in [0.25, 0.3) is 0 Å². The van der Waals surface area contributed by atoms with Crippen LogP contribution in [-0.4, -0.2) is 35.6 Å². The maximum absolute atomic E-state index is 5.84. The van der Waals surface area contributed by atoms with Gasteiger partial charge in [0.2, 0.25) is 0 Å². The highest BCUT2D eigenvalue weighted by atomic mass is 16.7. The lowest BCUT2D eigenvalue weighted by molar-refractivity contribution is -0.0443. The molecule has 16 aromatic carbocycles. The van der Waals surface area contributed by atoms with Crippen LogP contribution in [-0.2, 0) is 25.4 Å². The van der Waals surface area contributed by atoms with Crippen molar-refractivity contribution in [2.24, 2.45) is 0 Å². The number of hydrogen-bond acceptors (Lipinski definition) is 7. The molecule has 0 N–H and O–H groups in total. The largest absolute Gasteiger partial charge is 0.346 e. The van der Waals surface area contributed by atoms with Crippen molar-refractivity contribution in [2.45, 2.75) is 24.9 Å². The summed E-state index contributed by atoms with van der Waals surface area (Å²) in [4.78, 5) is 7.06. The molecular weight excluding hydrogens is 1380 g/mol. The zero-order chi connectivity index (χ0) is 75.0. The lowest BCUT2D eigenvalue weighted by atomic mass is 9.86. The molecule has 0 saturated carbocycles. The van der Waals surface area contributed by atoms with Gasteiger partial charge in [0.15, 0.2) is 12.6 Å². The first-order valence-electron chi connectivity index (χ1n) is 39.0. The Balaban J connectivity index is 0.630. The molecule has 18 aromatic rings. The van der Waals surface area contributed by atoms with Gasteiger partial charge in [0, 0.05) is 101 Å². The monoisotopic (exact) mass is 1460 g/mol. The molecule has 0 spiro atoms. The molecule has 2 aromatic heterocycles. The summed E-state index contributed by atoms with van der Waals surface area (Å²) in [7, 11) is 0. The molecule has 9 nitrogen and oxygen atoms in total. The van der Waals surface area contributed by atoms with Crippen molar-refractivity contribution < 1.29 is 18.9 Å². The number of ether oxygens (including phenoxy) is 4. The van der Waals surface area contributed by atoms with Crippen molar-refractivity contribution in [3.05, 3.63) is 428 Å². The second-order valence-electron chi connectivity index (χ2n) is 29.1. The normalized spacial score (nSPS) is 13.5. The van der Waals surface area contributed by atoms with E-state index in [1.54, 1.807) is 0 Å². The van der Waals surface area contributed by atoms with Crippen LogP contribution in [0.1, 0.15) is 46.3 Å². The van der Waals surface area contributed by atoms with Gasteiger partial charge in [-0.2, -0.15) is 0 Å². The second-order valence-corrected chi connectivity index (χ2v) is 29.1. The molecule has 1 atom stereocenters. The third-order valence-corrected chi connectivity index (χ3v) is 22.4. The zero-order valence-electron chi connectivity index (χ0n) is 62.2. The molecule has 544 valence electrons. The molecule has 0 radical (unpaired) electrons. The van der Waals surface area contributed by atoms with E-state index in [1.165, 1.54) is 38.2 Å². The predicted molar refractivity (Wildman–Crippen MR) is 463 cm³/mol. The van der Waals surface area contributed by atoms with E-state index in [9.17, 15) is 0 Å². The lowest BCUT2D eigenvalue weighted by Gasteiger charge is -2.28. The van der Waals surface area contributed by atoms with Crippen molar-refractivity contribution in [2.75, 3.05) is 41.1 Å². The van der Waals surface area contributed by atoms with E-state index in [1.807, 2.05) is 0 Å². The van der Waals surface area contributed by atoms with Crippen molar-refractivity contribution in [1.82, 2.24) is 9.13 Å². The summed E-state index contributed by atoms with van der Waals surface area (Å²) >= 11 is 0. The molecule has 2 aliphatic heterocycles. The van der Waals surface area contributed by atoms with Gasteiger partial charge in [-0.1, -0.05) is 231 Å². The first-order valence-corrected chi connectivity index (χ1v) is 39.0. The van der Waals surface area contributed by atoms with Crippen molar-refractivity contribution in [3.8, 4) is 44.8 Å². The summed E-state index contributed by atoms with van der Waals surface area (Å²) < 4.78 is 28.1. The van der Waals surface area contributed by atoms with Crippen LogP contribution in [0.5, 0.6) is 0 Å². The molecule has 9 heteroatoms. The van der Waals surface area contributed by atoms with Crippen LogP contribution in [0.4, 0.5) is 51.2 Å². The molecule has 20 rings (SSSR count). The molecule has 4 heterocycles. The average molecular weight is 1460 g/mol. The Morgan fingerprint density at radius 3 is 0.885 bits per heavy atom. The minimum atomic E-state index is -0.322. The van der Waals surface area contributed by atoms with Crippen molar-refractivity contribution >= 4 is 94.8 Å². The summed E-state index contributed by atoms with van der Waals surface area (Å²) in [6.45, 7) is 2.44. The van der Waals surface area contributed by atoms with Crippen LogP contribution in [0.3, 0.4) is 0 Å². The molecular formula is C104H79N5O4. The van der Waals surface area contributed by atoms with Gasteiger partial charge in [0.05, 0.1) is 48.5 Å². The number of hydrogen-bond donors (Lipinski definition) is 0. The van der Waals surface area contributed by atoms with E-state index < -0.39 is 0 Å². The van der Waals surface area contributed by atoms with Gasteiger partial charge in [-0.3, -0.25) is 0 Å². The maximum Gasteiger partial charge on any atom is 0.184 e. The Kier molecular flexibility index (Phi) is 18.4. The minimum absolute atomic E-state index is 0.173. The Bertz CT molecular complexity index is 6310. The average Bonchev–Trinajstić information content (AvgIpc) is 1.60. The highest BCUT2D eigenvalue weighted by Crippen LogP contribution is 2.45. The van der Waals surface area contributed by atoms with E-state index in [0.29, 0.717) is 26.4 Å². The predicted octanol–water partition coefficient (Wildman–Crippen LogP) is 26.8. The van der Waals surface area contributed by atoms with Crippen LogP contribution in [0.15, 0.2) is 400 Å². The zero-order valence-corrected chi connectivity index (χ0v) is 62.2. The topological polar surface area (TPSA) is 56.5 Å². The molecule has 2 aliphatic rings. The number of para-hydroxylation sites is 4. The number of benzene rings is 16. The lowest BCUT2D eigenvalue weighted by Crippen LogP contribution is -2.12. The van der Waals surface area contributed by atoms with Crippen molar-refractivity contribution in [3.63, 3.8) is 0 Å². The molecule has 1 unspecified atom stereocenters. The number of rotatable bonds is 20. The molecule has 2 saturated heterocycles. The third-order valence-electron chi connectivity index (χ3n) is 22.4. The van der Waals surface area contributed by atoms with Gasteiger partial charge < -0.3 is 42.8 Å². The number of aromatic nitrogens is 2. The maximum atomic E-state index is 5.84. The van der Waals surface area contributed by atoms with Crippen LogP contribution in [0.2, 0.25) is 0 Å². The van der Waals surface area contributed by atoms with Crippen LogP contribution in [0.25, 0.3) is 88.4 Å². The van der Waals surface area contributed by atoms with Crippen LogP contribution in [0, 0.1) is 0 Å². The first-order chi connectivity index (χ1) is 56.0. The highest BCUT2D eigenvalue weighted by molar-refractivity contribution is 6.12. The number of nitrogens with zero attached hydrogens (tertiary/aromatic N) is 5. The fourth-order valence-corrected chi connectivity index (χ4v) is 16.8. The fourth-order valence-electron chi connectivity index (χ4n) is 16.8. The number of fused-ring (bicyclic) bond motifs is 6. The van der Waals surface area contributed by atoms with E-state index in [0.717, 1.165) is 136 Å². The van der Waals surface area contributed by atoms with Gasteiger partial charge in [-0.15, -0.1) is 0 Å². The standard InChI is InChI=1S/C104H79N5O4/c1-5-17-72(18-6-1)69-96(77-19-7-2-8-20-77)78-37-53-89(54-38-78)106(87-49-33-75(34-50-87)81-43-63-101-97(70-81)94-25-13-15-27-99(94)108(101)92-55-39-79(40-56-92)103-110-65-66-111-103)85-45-29-73(30-46-85)74-31-47-86(48-32-74)107(91-61-59-90(60-62-91)105(83-21-9-3-10-22-83)84-23-11-4-12-24-84)88-51-35-76(36-52-88)82-44-64-102-98(71-82)95-26-14-16-28-100(95)109(102)93-57-41-80(42-58-93)104-112-67-68-113-104/h1-64,70-71,96,103-104H,65-69H2. The quantitative estimate of drug-likeness (QED) is 0.0754. The van der Waals surface area contributed by atoms with Gasteiger partial charge in [-0.25, -0.2) is 0 Å². The summed E-state index contributed by atoms with van der Waals surface area (Å²) in [5, 5.41) is 4.81. The third kappa shape index (κ3) is 13.5. The van der Waals surface area contributed by atoms with Crippen LogP contribution >= 0.6 is 0 Å². The SMILES string of the molecule is c1ccc(CC(c2ccccc2)c2ccc(N(c3ccc(-c4ccc(N(c5ccc(-c6ccc7c(c6)c6ccccc6n7-c6ccc(C7OCCO7)cc6)cc5)c5ccc(N(c6ccccc6)c6ccccc6)cc5)cc4)cc3)c3ccc(-c4ccc5c(c4)c4ccccc4n5-c4ccc(C5OCCO5)cc4)cc3)cc2)cc1. The minimum Gasteiger partial charge on any atom is -0.346 e. The highest BCUT2D eigenvalue weighted by Gasteiger charge is 2.25. The Morgan fingerprint density at radius 1 is 0.239 bits per heavy atom. The molecule has 0 bridgehead atoms. The molecule has 0 amide bonds. The van der Waals surface area contributed by atoms with E-state index in [-0.39, 0.29) is 18.5 Å². The smallest absolute Gasteiger partial charge is 0.184 e. The molecule has 113 heavy (non-hydrogen) atoms.